The monoisotopic (exact) mass is 397 g/mol. The molecule has 1 aliphatic heterocycles. The van der Waals surface area contributed by atoms with Gasteiger partial charge >= 0.3 is 0 Å². The lowest BCUT2D eigenvalue weighted by molar-refractivity contribution is -0.136. The molecule has 1 fully saturated rings. The van der Waals surface area contributed by atoms with Gasteiger partial charge in [-0.15, -0.1) is 0 Å². The molecule has 29 heavy (non-hydrogen) atoms. The van der Waals surface area contributed by atoms with Crippen LogP contribution in [0.15, 0.2) is 36.4 Å². The van der Waals surface area contributed by atoms with E-state index >= 15 is 0 Å². The highest BCUT2D eigenvalue weighted by atomic mass is 16.5. The molecule has 158 valence electrons. The highest BCUT2D eigenvalue weighted by Crippen LogP contribution is 2.37. The zero-order valence-corrected chi connectivity index (χ0v) is 17.8. The second-order valence-corrected chi connectivity index (χ2v) is 8.50. The average molecular weight is 398 g/mol. The number of amides is 2. The fraction of sp³-hybridized carbons (Fsp3) is 0.600. The zero-order valence-electron chi connectivity index (χ0n) is 17.8. The number of rotatable bonds is 11. The van der Waals surface area contributed by atoms with Crippen molar-refractivity contribution in [3.63, 3.8) is 0 Å². The van der Waals surface area contributed by atoms with Gasteiger partial charge in [-0.25, -0.2) is 0 Å². The molecule has 0 spiro atoms. The summed E-state index contributed by atoms with van der Waals surface area (Å²) >= 11 is 0. The Kier molecular flexibility index (Phi) is 8.33. The molecular weight excluding hydrogens is 362 g/mol. The number of ether oxygens (including phenoxy) is 1. The van der Waals surface area contributed by atoms with E-state index in [2.05, 4.69) is 31.2 Å². The number of hydrogen-bond acceptors (Lipinski definition) is 3. The number of nitrogens with zero attached hydrogens (tertiary/aromatic N) is 1. The van der Waals surface area contributed by atoms with Gasteiger partial charge in [0.05, 0.1) is 6.61 Å². The third kappa shape index (κ3) is 6.45. The number of hydrogen-bond donors (Lipinski definition) is 0. The van der Waals surface area contributed by atoms with Crippen LogP contribution in [0.3, 0.4) is 0 Å². The standard InChI is InChI=1S/C25H35NO3/c1-2-7-20-8-10-21(11-9-20)22-12-14-23(15-13-22)29-19-6-4-3-5-18-26-24(27)16-17-25(26)28/h12-17,20-21H,2-11,18-19H2,1H3. The summed E-state index contributed by atoms with van der Waals surface area (Å²) in [5, 5.41) is 0. The summed E-state index contributed by atoms with van der Waals surface area (Å²) in [6.45, 7) is 3.53. The highest BCUT2D eigenvalue weighted by molar-refractivity contribution is 6.12. The molecule has 3 rings (SSSR count). The van der Waals surface area contributed by atoms with Crippen molar-refractivity contribution in [1.82, 2.24) is 4.90 Å². The van der Waals surface area contributed by atoms with E-state index in [-0.39, 0.29) is 11.8 Å². The van der Waals surface area contributed by atoms with E-state index in [4.69, 9.17) is 4.74 Å². The van der Waals surface area contributed by atoms with Crippen LogP contribution < -0.4 is 4.74 Å². The van der Waals surface area contributed by atoms with Gasteiger partial charge in [-0.05, 0) is 68.1 Å². The predicted octanol–water partition coefficient (Wildman–Crippen LogP) is 5.62. The van der Waals surface area contributed by atoms with Gasteiger partial charge in [0.2, 0.25) is 0 Å². The first-order valence-electron chi connectivity index (χ1n) is 11.4. The Bertz CT molecular complexity index is 669. The summed E-state index contributed by atoms with van der Waals surface area (Å²) in [5.41, 5.74) is 1.47. The largest absolute Gasteiger partial charge is 0.494 e. The molecule has 4 heteroatoms. The number of carbonyl (C=O) groups excluding carboxylic acids is 2. The minimum absolute atomic E-state index is 0.184. The quantitative estimate of drug-likeness (QED) is 0.359. The molecule has 0 atom stereocenters. The SMILES string of the molecule is CCCC1CCC(c2ccc(OCCCCCCN3C(=O)C=CC3=O)cc2)CC1. The van der Waals surface area contributed by atoms with Gasteiger partial charge in [0.15, 0.2) is 0 Å². The molecule has 0 unspecified atom stereocenters. The minimum Gasteiger partial charge on any atom is -0.494 e. The molecular formula is C25H35NO3. The van der Waals surface area contributed by atoms with E-state index in [0.717, 1.165) is 43.3 Å². The van der Waals surface area contributed by atoms with Crippen molar-refractivity contribution in [2.45, 2.75) is 77.0 Å². The van der Waals surface area contributed by atoms with E-state index in [1.807, 2.05) is 0 Å². The average Bonchev–Trinajstić information content (AvgIpc) is 3.06. The normalized spacial score (nSPS) is 21.8. The Morgan fingerprint density at radius 2 is 1.55 bits per heavy atom. The summed E-state index contributed by atoms with van der Waals surface area (Å²) in [7, 11) is 0. The van der Waals surface area contributed by atoms with E-state index in [0.29, 0.717) is 13.2 Å². The first-order valence-corrected chi connectivity index (χ1v) is 11.4. The van der Waals surface area contributed by atoms with E-state index in [1.165, 1.54) is 61.1 Å². The molecule has 0 saturated heterocycles. The fourth-order valence-corrected chi connectivity index (χ4v) is 4.60. The lowest BCUT2D eigenvalue weighted by Crippen LogP contribution is -2.30. The zero-order chi connectivity index (χ0) is 20.5. The Hall–Kier alpha value is -2.10. The molecule has 2 aliphatic rings. The molecule has 0 bridgehead atoms. The van der Waals surface area contributed by atoms with Gasteiger partial charge in [0.25, 0.3) is 11.8 Å². The molecule has 4 nitrogen and oxygen atoms in total. The fourth-order valence-electron chi connectivity index (χ4n) is 4.60. The molecule has 0 radical (unpaired) electrons. The van der Waals surface area contributed by atoms with Crippen molar-refractivity contribution in [2.75, 3.05) is 13.2 Å². The third-order valence-corrected chi connectivity index (χ3v) is 6.34. The number of imide groups is 1. The van der Waals surface area contributed by atoms with E-state index < -0.39 is 0 Å². The van der Waals surface area contributed by atoms with E-state index in [9.17, 15) is 9.59 Å². The van der Waals surface area contributed by atoms with Crippen molar-refractivity contribution in [3.8, 4) is 5.75 Å². The molecule has 1 aliphatic carbocycles. The second kappa shape index (κ2) is 11.2. The van der Waals surface area contributed by atoms with Gasteiger partial charge in [-0.3, -0.25) is 14.5 Å². The Morgan fingerprint density at radius 1 is 0.897 bits per heavy atom. The Labute approximate surface area is 175 Å². The smallest absolute Gasteiger partial charge is 0.253 e. The molecule has 1 saturated carbocycles. The topological polar surface area (TPSA) is 46.6 Å². The first-order chi connectivity index (χ1) is 14.2. The molecule has 1 aromatic carbocycles. The number of benzene rings is 1. The first kappa shape index (κ1) is 21.6. The van der Waals surface area contributed by atoms with Crippen molar-refractivity contribution in [1.29, 1.82) is 0 Å². The maximum absolute atomic E-state index is 11.5. The highest BCUT2D eigenvalue weighted by Gasteiger charge is 2.22. The van der Waals surface area contributed by atoms with Gasteiger partial charge in [0, 0.05) is 18.7 Å². The number of carbonyl (C=O) groups is 2. The lowest BCUT2D eigenvalue weighted by atomic mass is 9.77. The van der Waals surface area contributed by atoms with Crippen molar-refractivity contribution >= 4 is 11.8 Å². The van der Waals surface area contributed by atoms with Crippen molar-refractivity contribution in [3.05, 3.63) is 42.0 Å². The Balaban J connectivity index is 1.27. The summed E-state index contributed by atoms with van der Waals surface area (Å²) in [6, 6.07) is 8.73. The van der Waals surface area contributed by atoms with Gasteiger partial charge in [0.1, 0.15) is 5.75 Å². The summed E-state index contributed by atoms with van der Waals surface area (Å²) < 4.78 is 5.88. The van der Waals surface area contributed by atoms with E-state index in [1.54, 1.807) is 0 Å². The van der Waals surface area contributed by atoms with Crippen LogP contribution in [0, 0.1) is 5.92 Å². The van der Waals surface area contributed by atoms with Gasteiger partial charge in [-0.1, -0.05) is 44.7 Å². The molecule has 0 N–H and O–H groups in total. The maximum atomic E-state index is 11.5. The molecule has 1 aromatic rings. The lowest BCUT2D eigenvalue weighted by Gasteiger charge is -2.28. The maximum Gasteiger partial charge on any atom is 0.253 e. The summed E-state index contributed by atoms with van der Waals surface area (Å²) in [6.07, 6.45) is 14.7. The van der Waals surface area contributed by atoms with Crippen molar-refractivity contribution < 1.29 is 14.3 Å². The van der Waals surface area contributed by atoms with Crippen LogP contribution in [0.25, 0.3) is 0 Å². The molecule has 1 heterocycles. The molecule has 0 aromatic heterocycles. The number of unbranched alkanes of at least 4 members (excludes halogenated alkanes) is 3. The van der Waals surface area contributed by atoms with Crippen LogP contribution in [0.5, 0.6) is 5.75 Å². The van der Waals surface area contributed by atoms with Crippen LogP contribution >= 0.6 is 0 Å². The van der Waals surface area contributed by atoms with Crippen LogP contribution in [0.2, 0.25) is 0 Å². The van der Waals surface area contributed by atoms with Gasteiger partial charge < -0.3 is 4.74 Å². The summed E-state index contributed by atoms with van der Waals surface area (Å²) in [5.74, 6) is 2.26. The molecule has 2 amide bonds. The van der Waals surface area contributed by atoms with Crippen LogP contribution in [-0.2, 0) is 9.59 Å². The minimum atomic E-state index is -0.184. The summed E-state index contributed by atoms with van der Waals surface area (Å²) in [4.78, 5) is 24.3. The third-order valence-electron chi connectivity index (χ3n) is 6.34. The second-order valence-electron chi connectivity index (χ2n) is 8.50. The van der Waals surface area contributed by atoms with Gasteiger partial charge in [-0.2, -0.15) is 0 Å². The Morgan fingerprint density at radius 3 is 2.21 bits per heavy atom. The van der Waals surface area contributed by atoms with Crippen molar-refractivity contribution in [2.24, 2.45) is 5.92 Å². The van der Waals surface area contributed by atoms with Crippen LogP contribution in [-0.4, -0.2) is 29.9 Å². The van der Waals surface area contributed by atoms with Crippen LogP contribution in [0.1, 0.15) is 82.6 Å². The predicted molar refractivity (Wildman–Crippen MR) is 116 cm³/mol. The van der Waals surface area contributed by atoms with Crippen LogP contribution in [0.4, 0.5) is 0 Å².